The molecule has 114 valence electrons. The summed E-state index contributed by atoms with van der Waals surface area (Å²) in [4.78, 5) is 25.2. The summed E-state index contributed by atoms with van der Waals surface area (Å²) in [5, 5.41) is 7.56. The van der Waals surface area contributed by atoms with Crippen molar-refractivity contribution in [2.24, 2.45) is 5.92 Å². The Morgan fingerprint density at radius 1 is 1.41 bits per heavy atom. The predicted molar refractivity (Wildman–Crippen MR) is 82.9 cm³/mol. The van der Waals surface area contributed by atoms with Crippen molar-refractivity contribution in [3.05, 3.63) is 41.7 Å². The van der Waals surface area contributed by atoms with Gasteiger partial charge in [0.1, 0.15) is 0 Å². The van der Waals surface area contributed by atoms with Gasteiger partial charge in [-0.05, 0) is 12.1 Å². The molecule has 0 saturated carbocycles. The third-order valence-corrected chi connectivity index (χ3v) is 3.98. The molecule has 1 aliphatic heterocycles. The molecule has 6 nitrogen and oxygen atoms in total. The van der Waals surface area contributed by atoms with Crippen LogP contribution in [0.3, 0.4) is 0 Å². The number of carbonyl (C=O) groups excluding carboxylic acids is 2. The first-order chi connectivity index (χ1) is 10.5. The van der Waals surface area contributed by atoms with Crippen molar-refractivity contribution in [3.63, 3.8) is 0 Å². The molecule has 1 saturated heterocycles. The predicted octanol–water partition coefficient (Wildman–Crippen LogP) is 1.94. The minimum atomic E-state index is -0.318. The van der Waals surface area contributed by atoms with Crippen molar-refractivity contribution in [1.29, 1.82) is 0 Å². The van der Waals surface area contributed by atoms with Crippen molar-refractivity contribution in [2.75, 3.05) is 18.9 Å². The maximum absolute atomic E-state index is 12.2. The number of benzene rings is 1. The molecule has 2 aromatic rings. The summed E-state index contributed by atoms with van der Waals surface area (Å²) in [5.74, 6) is -0.496. The smallest absolute Gasteiger partial charge is 0.229 e. The van der Waals surface area contributed by atoms with Gasteiger partial charge in [-0.25, -0.2) is 4.68 Å². The van der Waals surface area contributed by atoms with Crippen LogP contribution in [0.15, 0.2) is 36.7 Å². The van der Waals surface area contributed by atoms with Gasteiger partial charge < -0.3 is 10.2 Å². The molecule has 0 unspecified atom stereocenters. The van der Waals surface area contributed by atoms with Crippen LogP contribution in [0.5, 0.6) is 0 Å². The van der Waals surface area contributed by atoms with Crippen molar-refractivity contribution in [1.82, 2.24) is 14.7 Å². The molecule has 0 radical (unpaired) electrons. The van der Waals surface area contributed by atoms with Crippen LogP contribution in [0, 0.1) is 5.92 Å². The number of nitrogens with zero attached hydrogens (tertiary/aromatic N) is 3. The number of rotatable bonds is 3. The van der Waals surface area contributed by atoms with Gasteiger partial charge in [-0.15, -0.1) is 0 Å². The van der Waals surface area contributed by atoms with Gasteiger partial charge in [0.15, 0.2) is 0 Å². The van der Waals surface area contributed by atoms with Crippen LogP contribution in [0.1, 0.15) is 6.42 Å². The molecule has 1 aliphatic rings. The van der Waals surface area contributed by atoms with Gasteiger partial charge in [-0.1, -0.05) is 23.7 Å². The van der Waals surface area contributed by atoms with E-state index in [2.05, 4.69) is 10.4 Å². The maximum Gasteiger partial charge on any atom is 0.229 e. The molecule has 0 spiro atoms. The molecule has 22 heavy (non-hydrogen) atoms. The van der Waals surface area contributed by atoms with Gasteiger partial charge in [-0.3, -0.25) is 9.59 Å². The standard InChI is InChI=1S/C15H15ClN4O2/c1-19-8-10(6-14(19)21)15(22)18-11-7-17-20(9-11)13-5-3-2-4-12(13)16/h2-5,7,9-10H,6,8H2,1H3,(H,18,22)/t10-/m0/s1. The second-order valence-electron chi connectivity index (χ2n) is 5.29. The van der Waals surface area contributed by atoms with Gasteiger partial charge >= 0.3 is 0 Å². The van der Waals surface area contributed by atoms with Crippen molar-refractivity contribution in [3.8, 4) is 5.69 Å². The zero-order chi connectivity index (χ0) is 15.7. The van der Waals surface area contributed by atoms with Crippen LogP contribution in [-0.2, 0) is 9.59 Å². The first kappa shape index (κ1) is 14.6. The quantitative estimate of drug-likeness (QED) is 0.940. The summed E-state index contributed by atoms with van der Waals surface area (Å²) in [6.07, 6.45) is 3.50. The Balaban J connectivity index is 1.71. The molecular weight excluding hydrogens is 304 g/mol. The number of hydrogen-bond donors (Lipinski definition) is 1. The molecule has 1 atom stereocenters. The molecule has 1 N–H and O–H groups in total. The summed E-state index contributed by atoms with van der Waals surface area (Å²) in [7, 11) is 1.70. The molecule has 1 aromatic heterocycles. The SMILES string of the molecule is CN1C[C@@H](C(=O)Nc2cnn(-c3ccccc3Cl)c2)CC1=O. The van der Waals surface area contributed by atoms with Gasteiger partial charge in [0.2, 0.25) is 11.8 Å². The lowest BCUT2D eigenvalue weighted by molar-refractivity contribution is -0.127. The summed E-state index contributed by atoms with van der Waals surface area (Å²) in [6.45, 7) is 0.448. The third kappa shape index (κ3) is 2.82. The van der Waals surface area contributed by atoms with Crippen LogP contribution in [-0.4, -0.2) is 40.1 Å². The molecular formula is C15H15ClN4O2. The molecule has 2 amide bonds. The van der Waals surface area contributed by atoms with E-state index >= 15 is 0 Å². The minimum Gasteiger partial charge on any atom is -0.345 e. The summed E-state index contributed by atoms with van der Waals surface area (Å²) in [5.41, 5.74) is 1.31. The van der Waals surface area contributed by atoms with Crippen LogP contribution < -0.4 is 5.32 Å². The molecule has 3 rings (SSSR count). The lowest BCUT2D eigenvalue weighted by atomic mass is 10.1. The average Bonchev–Trinajstić information content (AvgIpc) is 3.07. The third-order valence-electron chi connectivity index (χ3n) is 3.66. The number of aromatic nitrogens is 2. The second kappa shape index (κ2) is 5.81. The fourth-order valence-electron chi connectivity index (χ4n) is 2.44. The fraction of sp³-hybridized carbons (Fsp3) is 0.267. The zero-order valence-electron chi connectivity index (χ0n) is 12.0. The number of para-hydroxylation sites is 1. The zero-order valence-corrected chi connectivity index (χ0v) is 12.7. The second-order valence-corrected chi connectivity index (χ2v) is 5.70. The number of anilines is 1. The average molecular weight is 319 g/mol. The van der Waals surface area contributed by atoms with Crippen LogP contribution in [0.4, 0.5) is 5.69 Å². The van der Waals surface area contributed by atoms with Crippen molar-refractivity contribution >= 4 is 29.1 Å². The summed E-state index contributed by atoms with van der Waals surface area (Å²) >= 11 is 6.12. The molecule has 0 aliphatic carbocycles. The van der Waals surface area contributed by atoms with Crippen LogP contribution in [0.25, 0.3) is 5.69 Å². The van der Waals surface area contributed by atoms with E-state index in [1.165, 1.54) is 0 Å². The molecule has 1 aromatic carbocycles. The highest BCUT2D eigenvalue weighted by Gasteiger charge is 2.32. The Labute approximate surface area is 132 Å². The van der Waals surface area contributed by atoms with E-state index < -0.39 is 0 Å². The number of hydrogen-bond acceptors (Lipinski definition) is 3. The Morgan fingerprint density at radius 2 is 2.18 bits per heavy atom. The van der Waals surface area contributed by atoms with E-state index in [9.17, 15) is 9.59 Å². The highest BCUT2D eigenvalue weighted by Crippen LogP contribution is 2.22. The molecule has 1 fully saturated rings. The number of carbonyl (C=O) groups is 2. The van der Waals surface area contributed by atoms with Crippen LogP contribution >= 0.6 is 11.6 Å². The van der Waals surface area contributed by atoms with E-state index in [0.717, 1.165) is 5.69 Å². The van der Waals surface area contributed by atoms with Gasteiger partial charge in [0.05, 0.1) is 34.7 Å². The lowest BCUT2D eigenvalue weighted by Crippen LogP contribution is -2.25. The molecule has 7 heteroatoms. The molecule has 2 heterocycles. The Bertz CT molecular complexity index is 728. The Morgan fingerprint density at radius 3 is 2.86 bits per heavy atom. The lowest BCUT2D eigenvalue weighted by Gasteiger charge is -2.09. The number of likely N-dealkylation sites (tertiary alicyclic amines) is 1. The molecule has 0 bridgehead atoms. The number of nitrogens with one attached hydrogen (secondary N) is 1. The number of halogens is 1. The first-order valence-electron chi connectivity index (χ1n) is 6.89. The fourth-order valence-corrected chi connectivity index (χ4v) is 2.66. The summed E-state index contributed by atoms with van der Waals surface area (Å²) in [6, 6.07) is 7.31. The number of amides is 2. The van der Waals surface area contributed by atoms with Gasteiger partial charge in [0.25, 0.3) is 0 Å². The summed E-state index contributed by atoms with van der Waals surface area (Å²) < 4.78 is 1.60. The Kier molecular flexibility index (Phi) is 3.85. The van der Waals surface area contributed by atoms with Crippen LogP contribution in [0.2, 0.25) is 5.02 Å². The highest BCUT2D eigenvalue weighted by molar-refractivity contribution is 6.32. The first-order valence-corrected chi connectivity index (χ1v) is 7.27. The Hall–Kier alpha value is -2.34. The normalized spacial score (nSPS) is 17.8. The highest BCUT2D eigenvalue weighted by atomic mass is 35.5. The monoisotopic (exact) mass is 318 g/mol. The van der Waals surface area contributed by atoms with E-state index in [-0.39, 0.29) is 24.2 Å². The van der Waals surface area contributed by atoms with E-state index in [0.29, 0.717) is 17.3 Å². The van der Waals surface area contributed by atoms with E-state index in [1.54, 1.807) is 35.1 Å². The van der Waals surface area contributed by atoms with Gasteiger partial charge in [0, 0.05) is 20.0 Å². The van der Waals surface area contributed by atoms with E-state index in [1.807, 2.05) is 18.2 Å². The topological polar surface area (TPSA) is 67.2 Å². The minimum absolute atomic E-state index is 0.00749. The van der Waals surface area contributed by atoms with Crippen molar-refractivity contribution in [2.45, 2.75) is 6.42 Å². The maximum atomic E-state index is 12.2. The van der Waals surface area contributed by atoms with E-state index in [4.69, 9.17) is 11.6 Å². The van der Waals surface area contributed by atoms with Crippen molar-refractivity contribution < 1.29 is 9.59 Å². The largest absolute Gasteiger partial charge is 0.345 e. The van der Waals surface area contributed by atoms with Gasteiger partial charge in [-0.2, -0.15) is 5.10 Å².